The van der Waals surface area contributed by atoms with Crippen molar-refractivity contribution in [1.29, 1.82) is 0 Å². The van der Waals surface area contributed by atoms with E-state index in [1.54, 1.807) is 0 Å². The molecule has 0 unspecified atom stereocenters. The van der Waals surface area contributed by atoms with Gasteiger partial charge < -0.3 is 4.57 Å². The Balaban J connectivity index is 1.06. The van der Waals surface area contributed by atoms with Gasteiger partial charge in [0.15, 0.2) is 5.82 Å². The van der Waals surface area contributed by atoms with Crippen molar-refractivity contribution in [1.82, 2.24) is 14.5 Å². The van der Waals surface area contributed by atoms with E-state index in [0.29, 0.717) is 5.82 Å². The van der Waals surface area contributed by atoms with E-state index in [9.17, 15) is 0 Å². The summed E-state index contributed by atoms with van der Waals surface area (Å²) in [6.07, 6.45) is 0. The summed E-state index contributed by atoms with van der Waals surface area (Å²) in [7, 11) is 0. The predicted octanol–water partition coefficient (Wildman–Crippen LogP) is 13.1. The quantitative estimate of drug-likeness (QED) is 0.175. The van der Waals surface area contributed by atoms with E-state index in [1.165, 1.54) is 53.5 Å². The highest BCUT2D eigenvalue weighted by Gasteiger charge is 2.15. The molecule has 10 aromatic rings. The van der Waals surface area contributed by atoms with Gasteiger partial charge in [-0.15, -0.1) is 11.3 Å². The van der Waals surface area contributed by atoms with Gasteiger partial charge in [0.1, 0.15) is 0 Å². The highest BCUT2D eigenvalue weighted by molar-refractivity contribution is 7.22. The zero-order valence-electron chi connectivity index (χ0n) is 28.1. The van der Waals surface area contributed by atoms with Gasteiger partial charge in [0.25, 0.3) is 0 Å². The predicted molar refractivity (Wildman–Crippen MR) is 219 cm³/mol. The van der Waals surface area contributed by atoms with Gasteiger partial charge in [-0.2, -0.15) is 0 Å². The fraction of sp³-hybridized carbons (Fsp3) is 0. The molecule has 3 aromatic heterocycles. The summed E-state index contributed by atoms with van der Waals surface area (Å²) in [6, 6.07) is 66.7. The molecular formula is C48H31N3S. The molecule has 0 amide bonds. The van der Waals surface area contributed by atoms with Crippen LogP contribution in [0.3, 0.4) is 0 Å². The molecule has 0 bridgehead atoms. The van der Waals surface area contributed by atoms with Crippen molar-refractivity contribution in [3.05, 3.63) is 188 Å². The first-order chi connectivity index (χ1) is 25.7. The Bertz CT molecular complexity index is 2780. The summed E-state index contributed by atoms with van der Waals surface area (Å²) < 4.78 is 3.64. The average molecular weight is 682 g/mol. The van der Waals surface area contributed by atoms with Crippen LogP contribution >= 0.6 is 11.3 Å². The number of hydrogen-bond donors (Lipinski definition) is 0. The molecule has 0 saturated carbocycles. The lowest BCUT2D eigenvalue weighted by atomic mass is 10.0. The minimum Gasteiger partial charge on any atom is -0.309 e. The standard InChI is InChI=1S/C48H31N3S/c1-2-10-32(11-3-1)33-18-20-34(21-19-33)42-31-43(35-22-24-36(25-23-35)47-30-38-12-4-9-17-46(38)52-47)50-48(49-42)37-26-28-39(29-27-37)51-44-15-7-5-13-40(44)41-14-6-8-16-45(41)51/h1-31H. The highest BCUT2D eigenvalue weighted by Crippen LogP contribution is 2.36. The SMILES string of the molecule is c1ccc(-c2ccc(-c3cc(-c4ccc(-c5cc6ccccc6s5)cc4)nc(-c4ccc(-n5c6ccccc6c6ccccc65)cc4)n3)cc2)cc1. The number of para-hydroxylation sites is 2. The summed E-state index contributed by atoms with van der Waals surface area (Å²) in [5.41, 5.74) is 11.9. The molecule has 0 spiro atoms. The second-order valence-electron chi connectivity index (χ2n) is 13.0. The van der Waals surface area contributed by atoms with Crippen molar-refractivity contribution in [2.24, 2.45) is 0 Å². The van der Waals surface area contributed by atoms with Crippen LogP contribution in [-0.4, -0.2) is 14.5 Å². The molecule has 0 aliphatic rings. The smallest absolute Gasteiger partial charge is 0.160 e. The fourth-order valence-electron chi connectivity index (χ4n) is 7.23. The molecule has 0 saturated heterocycles. The second kappa shape index (κ2) is 12.6. The summed E-state index contributed by atoms with van der Waals surface area (Å²) >= 11 is 1.82. The van der Waals surface area contributed by atoms with Gasteiger partial charge in [-0.3, -0.25) is 0 Å². The van der Waals surface area contributed by atoms with Crippen LogP contribution in [0.25, 0.3) is 93.0 Å². The molecule has 0 N–H and O–H groups in total. The van der Waals surface area contributed by atoms with Crippen molar-refractivity contribution in [3.8, 4) is 61.2 Å². The van der Waals surface area contributed by atoms with Crippen molar-refractivity contribution >= 4 is 43.2 Å². The van der Waals surface area contributed by atoms with Crippen molar-refractivity contribution in [2.45, 2.75) is 0 Å². The van der Waals surface area contributed by atoms with Gasteiger partial charge in [0, 0.05) is 42.7 Å². The van der Waals surface area contributed by atoms with Crippen LogP contribution in [0.4, 0.5) is 0 Å². The Labute approximate surface area is 305 Å². The summed E-state index contributed by atoms with van der Waals surface area (Å²) in [4.78, 5) is 11.6. The van der Waals surface area contributed by atoms with E-state index in [-0.39, 0.29) is 0 Å². The lowest BCUT2D eigenvalue weighted by Gasteiger charge is -2.12. The van der Waals surface area contributed by atoms with Gasteiger partial charge in [-0.05, 0) is 76.7 Å². The molecular weight excluding hydrogens is 651 g/mol. The number of nitrogens with zero attached hydrogens (tertiary/aromatic N) is 3. The van der Waals surface area contributed by atoms with Gasteiger partial charge in [-0.25, -0.2) is 9.97 Å². The number of thiophene rings is 1. The van der Waals surface area contributed by atoms with Crippen LogP contribution in [0.15, 0.2) is 188 Å². The van der Waals surface area contributed by atoms with Crippen LogP contribution < -0.4 is 0 Å². The Morgan fingerprint density at radius 3 is 1.52 bits per heavy atom. The maximum absolute atomic E-state index is 5.18. The fourth-order valence-corrected chi connectivity index (χ4v) is 8.29. The molecule has 0 atom stereocenters. The van der Waals surface area contributed by atoms with Crippen molar-refractivity contribution < 1.29 is 0 Å². The van der Waals surface area contributed by atoms with Crippen LogP contribution in [0.2, 0.25) is 0 Å². The number of benzene rings is 7. The normalized spacial score (nSPS) is 11.5. The molecule has 0 aliphatic carbocycles. The summed E-state index contributed by atoms with van der Waals surface area (Å²) in [5.74, 6) is 0.696. The third-order valence-electron chi connectivity index (χ3n) is 9.87. The third-order valence-corrected chi connectivity index (χ3v) is 11.0. The second-order valence-corrected chi connectivity index (χ2v) is 14.1. The number of hydrogen-bond acceptors (Lipinski definition) is 3. The zero-order valence-corrected chi connectivity index (χ0v) is 29.0. The van der Waals surface area contributed by atoms with Crippen LogP contribution in [0, 0.1) is 0 Å². The molecule has 3 heterocycles. The molecule has 3 nitrogen and oxygen atoms in total. The maximum atomic E-state index is 5.18. The Kier molecular flexibility index (Phi) is 7.33. The average Bonchev–Trinajstić information content (AvgIpc) is 3.81. The maximum Gasteiger partial charge on any atom is 0.160 e. The summed E-state index contributed by atoms with van der Waals surface area (Å²) in [5, 5.41) is 3.78. The number of aromatic nitrogens is 3. The Morgan fingerprint density at radius 2 is 0.885 bits per heavy atom. The van der Waals surface area contributed by atoms with Crippen molar-refractivity contribution in [3.63, 3.8) is 0 Å². The van der Waals surface area contributed by atoms with E-state index in [2.05, 4.69) is 187 Å². The minimum atomic E-state index is 0.696. The molecule has 52 heavy (non-hydrogen) atoms. The summed E-state index contributed by atoms with van der Waals surface area (Å²) in [6.45, 7) is 0. The largest absolute Gasteiger partial charge is 0.309 e. The lowest BCUT2D eigenvalue weighted by molar-refractivity contribution is 1.16. The lowest BCUT2D eigenvalue weighted by Crippen LogP contribution is -1.97. The molecule has 10 rings (SSSR count). The molecule has 244 valence electrons. The van der Waals surface area contributed by atoms with Crippen LogP contribution in [-0.2, 0) is 0 Å². The zero-order chi connectivity index (χ0) is 34.4. The monoisotopic (exact) mass is 681 g/mol. The van der Waals surface area contributed by atoms with E-state index >= 15 is 0 Å². The van der Waals surface area contributed by atoms with Gasteiger partial charge in [-0.1, -0.05) is 133 Å². The molecule has 4 heteroatoms. The molecule has 0 fully saturated rings. The first kappa shape index (κ1) is 30.2. The van der Waals surface area contributed by atoms with Crippen molar-refractivity contribution in [2.75, 3.05) is 0 Å². The third kappa shape index (κ3) is 5.38. The Hall–Kier alpha value is -6.62. The van der Waals surface area contributed by atoms with E-state index in [4.69, 9.17) is 9.97 Å². The van der Waals surface area contributed by atoms with Crippen LogP contribution in [0.1, 0.15) is 0 Å². The van der Waals surface area contributed by atoms with Gasteiger partial charge >= 0.3 is 0 Å². The Morgan fingerprint density at radius 1 is 0.385 bits per heavy atom. The minimum absolute atomic E-state index is 0.696. The van der Waals surface area contributed by atoms with E-state index < -0.39 is 0 Å². The van der Waals surface area contributed by atoms with E-state index in [1.807, 2.05) is 17.4 Å². The molecule has 0 radical (unpaired) electrons. The first-order valence-electron chi connectivity index (χ1n) is 17.5. The van der Waals surface area contributed by atoms with Crippen LogP contribution in [0.5, 0.6) is 0 Å². The number of rotatable bonds is 6. The van der Waals surface area contributed by atoms with E-state index in [0.717, 1.165) is 33.8 Å². The number of fused-ring (bicyclic) bond motifs is 4. The highest BCUT2D eigenvalue weighted by atomic mass is 32.1. The van der Waals surface area contributed by atoms with Gasteiger partial charge in [0.2, 0.25) is 0 Å². The topological polar surface area (TPSA) is 30.7 Å². The first-order valence-corrected chi connectivity index (χ1v) is 18.3. The van der Waals surface area contributed by atoms with Gasteiger partial charge in [0.05, 0.1) is 22.4 Å². The molecule has 0 aliphatic heterocycles. The molecule has 7 aromatic carbocycles.